The Morgan fingerprint density at radius 1 is 1.65 bits per heavy atom. The molecule has 0 aromatic carbocycles. The highest BCUT2D eigenvalue weighted by Gasteiger charge is 2.19. The van der Waals surface area contributed by atoms with E-state index in [0.717, 1.165) is 24.1 Å². The highest BCUT2D eigenvalue weighted by atomic mass is 79.9. The Morgan fingerprint density at radius 2 is 2.47 bits per heavy atom. The van der Waals surface area contributed by atoms with E-state index in [1.807, 2.05) is 13.1 Å². The van der Waals surface area contributed by atoms with Crippen LogP contribution in [-0.2, 0) is 0 Å². The van der Waals surface area contributed by atoms with Crippen molar-refractivity contribution in [3.05, 3.63) is 22.4 Å². The number of hydrogen-bond donors (Lipinski definition) is 2. The van der Waals surface area contributed by atoms with Gasteiger partial charge in [0.2, 0.25) is 0 Å². The monoisotopic (exact) mass is 299 g/mol. The van der Waals surface area contributed by atoms with Gasteiger partial charge in [-0.3, -0.25) is 4.79 Å². The molecular formula is C12H18BrN3O. The second kappa shape index (κ2) is 5.69. The van der Waals surface area contributed by atoms with E-state index in [4.69, 9.17) is 0 Å². The molecule has 0 bridgehead atoms. The predicted molar refractivity (Wildman–Crippen MR) is 71.0 cm³/mol. The second-order valence-electron chi connectivity index (χ2n) is 4.63. The minimum absolute atomic E-state index is 0.0567. The van der Waals surface area contributed by atoms with Crippen molar-refractivity contribution in [3.8, 4) is 0 Å². The second-order valence-corrected chi connectivity index (χ2v) is 5.55. The molecule has 0 spiro atoms. The lowest BCUT2D eigenvalue weighted by Gasteiger charge is -2.27. The summed E-state index contributed by atoms with van der Waals surface area (Å²) in [5, 5.41) is 3.37. The van der Waals surface area contributed by atoms with Gasteiger partial charge in [0.05, 0.1) is 0 Å². The fourth-order valence-corrected chi connectivity index (χ4v) is 2.59. The molecule has 2 heterocycles. The number of nitrogens with one attached hydrogen (secondary N) is 2. The number of carbonyl (C=O) groups excluding carboxylic acids is 1. The number of hydrogen-bond acceptors (Lipinski definition) is 2. The normalized spacial score (nSPS) is 20.2. The van der Waals surface area contributed by atoms with Crippen LogP contribution in [-0.4, -0.2) is 42.5 Å². The lowest BCUT2D eigenvalue weighted by Crippen LogP contribution is -2.39. The van der Waals surface area contributed by atoms with Crippen molar-refractivity contribution >= 4 is 21.8 Å². The number of amides is 1. The van der Waals surface area contributed by atoms with Gasteiger partial charge in [0.25, 0.3) is 5.91 Å². The quantitative estimate of drug-likeness (QED) is 0.895. The van der Waals surface area contributed by atoms with Gasteiger partial charge >= 0.3 is 0 Å². The Morgan fingerprint density at radius 3 is 3.06 bits per heavy atom. The highest BCUT2D eigenvalue weighted by molar-refractivity contribution is 9.10. The van der Waals surface area contributed by atoms with E-state index in [1.54, 1.807) is 11.1 Å². The lowest BCUT2D eigenvalue weighted by atomic mass is 9.99. The zero-order chi connectivity index (χ0) is 12.3. The predicted octanol–water partition coefficient (Wildman–Crippen LogP) is 1.85. The molecule has 1 fully saturated rings. The van der Waals surface area contributed by atoms with Crippen LogP contribution in [0.1, 0.15) is 23.3 Å². The number of H-pyrrole nitrogens is 1. The van der Waals surface area contributed by atoms with Gasteiger partial charge in [0, 0.05) is 24.3 Å². The molecule has 2 rings (SSSR count). The fourth-order valence-electron chi connectivity index (χ4n) is 2.25. The smallest absolute Gasteiger partial charge is 0.270 e. The molecule has 1 amide bonds. The molecule has 1 unspecified atom stereocenters. The van der Waals surface area contributed by atoms with Crippen LogP contribution in [0.15, 0.2) is 16.7 Å². The maximum atomic E-state index is 12.1. The van der Waals surface area contributed by atoms with E-state index in [-0.39, 0.29) is 5.91 Å². The van der Waals surface area contributed by atoms with E-state index in [9.17, 15) is 4.79 Å². The van der Waals surface area contributed by atoms with Gasteiger partial charge in [-0.2, -0.15) is 0 Å². The first-order valence-corrected chi connectivity index (χ1v) is 6.76. The van der Waals surface area contributed by atoms with Crippen LogP contribution in [0.5, 0.6) is 0 Å². The number of aromatic amines is 1. The molecule has 1 aromatic rings. The number of carbonyl (C=O) groups is 1. The molecule has 1 atom stereocenters. The van der Waals surface area contributed by atoms with Gasteiger partial charge in [-0.15, -0.1) is 0 Å². The number of piperidine rings is 1. The molecule has 17 heavy (non-hydrogen) atoms. The lowest BCUT2D eigenvalue weighted by molar-refractivity contribution is 0.0759. The van der Waals surface area contributed by atoms with Crippen LogP contribution in [0.2, 0.25) is 0 Å². The third kappa shape index (κ3) is 3.33. The number of halogens is 1. The van der Waals surface area contributed by atoms with Crippen LogP contribution in [0.4, 0.5) is 0 Å². The first-order valence-electron chi connectivity index (χ1n) is 5.97. The Bertz CT molecular complexity index is 385. The van der Waals surface area contributed by atoms with E-state index in [1.165, 1.54) is 12.8 Å². The van der Waals surface area contributed by atoms with Gasteiger partial charge < -0.3 is 15.2 Å². The maximum absolute atomic E-state index is 12.1. The number of nitrogens with zero attached hydrogens (tertiary/aromatic N) is 1. The van der Waals surface area contributed by atoms with Crippen LogP contribution in [0.3, 0.4) is 0 Å². The first-order chi connectivity index (χ1) is 8.16. The molecule has 0 aliphatic carbocycles. The Hall–Kier alpha value is -0.810. The first kappa shape index (κ1) is 12.6. The van der Waals surface area contributed by atoms with Crippen LogP contribution in [0, 0.1) is 5.92 Å². The average molecular weight is 300 g/mol. The molecule has 2 N–H and O–H groups in total. The Balaban J connectivity index is 1.90. The molecule has 0 saturated carbocycles. The number of aromatic nitrogens is 1. The SMILES string of the molecule is CN(CC1CCCNC1)C(=O)c1cc(Br)c[nH]1. The molecule has 5 heteroatoms. The van der Waals surface area contributed by atoms with E-state index < -0.39 is 0 Å². The highest BCUT2D eigenvalue weighted by Crippen LogP contribution is 2.15. The van der Waals surface area contributed by atoms with Gasteiger partial charge in [-0.25, -0.2) is 0 Å². The third-order valence-electron chi connectivity index (χ3n) is 3.16. The summed E-state index contributed by atoms with van der Waals surface area (Å²) in [5.74, 6) is 0.636. The van der Waals surface area contributed by atoms with Crippen LogP contribution >= 0.6 is 15.9 Å². The zero-order valence-corrected chi connectivity index (χ0v) is 11.6. The summed E-state index contributed by atoms with van der Waals surface area (Å²) in [6.07, 6.45) is 4.20. The zero-order valence-electron chi connectivity index (χ0n) is 10.0. The van der Waals surface area contributed by atoms with Gasteiger partial charge in [-0.05, 0) is 53.8 Å². The summed E-state index contributed by atoms with van der Waals surface area (Å²) >= 11 is 3.34. The van der Waals surface area contributed by atoms with Crippen molar-refractivity contribution in [3.63, 3.8) is 0 Å². The van der Waals surface area contributed by atoms with Crippen molar-refractivity contribution in [2.24, 2.45) is 5.92 Å². The Labute approximate surface area is 110 Å². The van der Waals surface area contributed by atoms with E-state index in [0.29, 0.717) is 11.6 Å². The average Bonchev–Trinajstić information content (AvgIpc) is 2.76. The molecular weight excluding hydrogens is 282 g/mol. The Kier molecular flexibility index (Phi) is 4.23. The van der Waals surface area contributed by atoms with Crippen molar-refractivity contribution in [1.29, 1.82) is 0 Å². The summed E-state index contributed by atoms with van der Waals surface area (Å²) < 4.78 is 0.911. The van der Waals surface area contributed by atoms with E-state index in [2.05, 4.69) is 26.2 Å². The van der Waals surface area contributed by atoms with Crippen molar-refractivity contribution in [2.45, 2.75) is 12.8 Å². The molecule has 94 valence electrons. The molecule has 1 aliphatic heterocycles. The van der Waals surface area contributed by atoms with Gasteiger partial charge in [0.15, 0.2) is 0 Å². The third-order valence-corrected chi connectivity index (χ3v) is 3.61. The largest absolute Gasteiger partial charge is 0.356 e. The summed E-state index contributed by atoms with van der Waals surface area (Å²) in [7, 11) is 1.87. The van der Waals surface area contributed by atoms with Gasteiger partial charge in [-0.1, -0.05) is 0 Å². The van der Waals surface area contributed by atoms with Crippen molar-refractivity contribution in [1.82, 2.24) is 15.2 Å². The standard InChI is InChI=1S/C12H18BrN3O/c1-16(8-9-3-2-4-14-6-9)12(17)11-5-10(13)7-15-11/h5,7,9,14-15H,2-4,6,8H2,1H3. The van der Waals surface area contributed by atoms with E-state index >= 15 is 0 Å². The topological polar surface area (TPSA) is 48.1 Å². The summed E-state index contributed by atoms with van der Waals surface area (Å²) in [5.41, 5.74) is 0.642. The number of rotatable bonds is 3. The molecule has 0 radical (unpaired) electrons. The molecule has 1 saturated heterocycles. The van der Waals surface area contributed by atoms with Crippen LogP contribution in [0.25, 0.3) is 0 Å². The minimum Gasteiger partial charge on any atom is -0.356 e. The summed E-state index contributed by atoms with van der Waals surface area (Å²) in [4.78, 5) is 16.9. The summed E-state index contributed by atoms with van der Waals surface area (Å²) in [6.45, 7) is 2.95. The molecule has 4 nitrogen and oxygen atoms in total. The molecule has 1 aliphatic rings. The van der Waals surface area contributed by atoms with Crippen molar-refractivity contribution in [2.75, 3.05) is 26.7 Å². The fraction of sp³-hybridized carbons (Fsp3) is 0.583. The minimum atomic E-state index is 0.0567. The van der Waals surface area contributed by atoms with Crippen LogP contribution < -0.4 is 5.32 Å². The maximum Gasteiger partial charge on any atom is 0.270 e. The molecule has 1 aromatic heterocycles. The van der Waals surface area contributed by atoms with Gasteiger partial charge in [0.1, 0.15) is 5.69 Å². The van der Waals surface area contributed by atoms with Crippen molar-refractivity contribution < 1.29 is 4.79 Å². The summed E-state index contributed by atoms with van der Waals surface area (Å²) in [6, 6.07) is 1.82.